The first-order valence-corrected chi connectivity index (χ1v) is 11.6. The first kappa shape index (κ1) is 25.4. The smallest absolute Gasteiger partial charge is 0.256 e. The molecule has 2 aromatic rings. The molecule has 0 unspecified atom stereocenters. The Morgan fingerprint density at radius 2 is 1.85 bits per heavy atom. The summed E-state index contributed by atoms with van der Waals surface area (Å²) in [5, 5.41) is 5.80. The largest absolute Gasteiger partial charge is 0.385 e. The number of benzene rings is 2. The third-order valence-corrected chi connectivity index (χ3v) is 6.08. The number of hydrogen-bond acceptors (Lipinski definition) is 4. The Morgan fingerprint density at radius 3 is 2.53 bits per heavy atom. The molecule has 1 saturated heterocycles. The predicted molar refractivity (Wildman–Crippen MR) is 127 cm³/mol. The van der Waals surface area contributed by atoms with Crippen LogP contribution in [0.4, 0.5) is 4.39 Å². The maximum Gasteiger partial charge on any atom is 0.256 e. The van der Waals surface area contributed by atoms with E-state index in [-0.39, 0.29) is 29.2 Å². The van der Waals surface area contributed by atoms with Gasteiger partial charge in [0, 0.05) is 38.9 Å². The van der Waals surface area contributed by atoms with Gasteiger partial charge in [-0.15, -0.1) is 0 Å². The van der Waals surface area contributed by atoms with Crippen LogP contribution in [0.25, 0.3) is 0 Å². The Balaban J connectivity index is 1.68. The number of nitrogens with zero attached hydrogens (tertiary/aromatic N) is 1. The molecule has 34 heavy (non-hydrogen) atoms. The fourth-order valence-electron chi connectivity index (χ4n) is 4.19. The van der Waals surface area contributed by atoms with Crippen molar-refractivity contribution in [1.29, 1.82) is 0 Å². The molecule has 0 bridgehead atoms. The molecule has 0 aliphatic carbocycles. The lowest BCUT2D eigenvalue weighted by Crippen LogP contribution is -2.54. The molecule has 0 aromatic heterocycles. The summed E-state index contributed by atoms with van der Waals surface area (Å²) in [7, 11) is 1.60. The lowest BCUT2D eigenvalue weighted by molar-refractivity contribution is -0.124. The van der Waals surface area contributed by atoms with E-state index in [2.05, 4.69) is 10.6 Å². The highest BCUT2D eigenvalue weighted by atomic mass is 19.1. The minimum absolute atomic E-state index is 0.0427. The van der Waals surface area contributed by atoms with E-state index in [1.165, 1.54) is 12.1 Å². The molecule has 1 heterocycles. The molecule has 8 heteroatoms. The van der Waals surface area contributed by atoms with Gasteiger partial charge in [0.2, 0.25) is 5.91 Å². The van der Waals surface area contributed by atoms with Gasteiger partial charge in [0.1, 0.15) is 11.9 Å². The number of rotatable bonds is 9. The van der Waals surface area contributed by atoms with E-state index in [1.807, 2.05) is 13.0 Å². The van der Waals surface area contributed by atoms with Crippen molar-refractivity contribution in [3.8, 4) is 0 Å². The second-order valence-corrected chi connectivity index (χ2v) is 8.57. The summed E-state index contributed by atoms with van der Waals surface area (Å²) < 4.78 is 19.1. The number of hydrogen-bond donors (Lipinski definition) is 2. The van der Waals surface area contributed by atoms with Crippen molar-refractivity contribution in [3.63, 3.8) is 0 Å². The maximum absolute atomic E-state index is 14.1. The van der Waals surface area contributed by atoms with Crippen molar-refractivity contribution in [2.24, 2.45) is 5.92 Å². The molecular weight excluding hydrogens is 437 g/mol. The van der Waals surface area contributed by atoms with Crippen LogP contribution in [0.5, 0.6) is 0 Å². The quantitative estimate of drug-likeness (QED) is 0.553. The van der Waals surface area contributed by atoms with Crippen LogP contribution in [-0.4, -0.2) is 62.0 Å². The van der Waals surface area contributed by atoms with Crippen LogP contribution >= 0.6 is 0 Å². The number of carbonyl (C=O) groups excluding carboxylic acids is 3. The van der Waals surface area contributed by atoms with Crippen molar-refractivity contribution >= 4 is 17.7 Å². The predicted octanol–water partition coefficient (Wildman–Crippen LogP) is 2.94. The van der Waals surface area contributed by atoms with Crippen molar-refractivity contribution in [3.05, 3.63) is 71.0 Å². The van der Waals surface area contributed by atoms with Gasteiger partial charge < -0.3 is 20.3 Å². The van der Waals surface area contributed by atoms with Crippen molar-refractivity contribution < 1.29 is 23.5 Å². The molecule has 2 N–H and O–H groups in total. The second-order valence-electron chi connectivity index (χ2n) is 8.57. The molecule has 1 fully saturated rings. The summed E-state index contributed by atoms with van der Waals surface area (Å²) in [5.41, 5.74) is 1.48. The standard InChI is InChI=1S/C26H32FN3O4/c1-18-7-5-8-20(17-18)24(31)29-23(25(32)28-13-6-16-34-2)19-11-14-30(15-12-19)26(33)21-9-3-4-10-22(21)27/h3-5,7-10,17,19,23H,6,11-16H2,1-2H3,(H,28,32)(H,29,31)/t23-/m1/s1. The molecule has 7 nitrogen and oxygen atoms in total. The number of halogens is 1. The van der Waals surface area contributed by atoms with E-state index in [4.69, 9.17) is 4.74 Å². The second kappa shape index (κ2) is 12.3. The van der Waals surface area contributed by atoms with E-state index >= 15 is 0 Å². The van der Waals surface area contributed by atoms with Gasteiger partial charge in [-0.25, -0.2) is 4.39 Å². The number of nitrogens with one attached hydrogen (secondary N) is 2. The summed E-state index contributed by atoms with van der Waals surface area (Å²) in [5.74, 6) is -1.63. The zero-order valence-electron chi connectivity index (χ0n) is 19.7. The van der Waals surface area contributed by atoms with Crippen LogP contribution < -0.4 is 10.6 Å². The Morgan fingerprint density at radius 1 is 1.12 bits per heavy atom. The number of aryl methyl sites for hydroxylation is 1. The summed E-state index contributed by atoms with van der Waals surface area (Å²) >= 11 is 0. The van der Waals surface area contributed by atoms with Crippen LogP contribution in [0.15, 0.2) is 48.5 Å². The van der Waals surface area contributed by atoms with E-state index in [9.17, 15) is 18.8 Å². The Labute approximate surface area is 199 Å². The Hall–Kier alpha value is -3.26. The van der Waals surface area contributed by atoms with E-state index in [0.29, 0.717) is 51.1 Å². The molecule has 0 radical (unpaired) electrons. The number of amides is 3. The fraction of sp³-hybridized carbons (Fsp3) is 0.423. The van der Waals surface area contributed by atoms with E-state index < -0.39 is 11.9 Å². The Bertz CT molecular complexity index is 1010. The van der Waals surface area contributed by atoms with Gasteiger partial charge >= 0.3 is 0 Å². The summed E-state index contributed by atoms with van der Waals surface area (Å²) in [6, 6.07) is 12.4. The van der Waals surface area contributed by atoms with Crippen LogP contribution in [0.2, 0.25) is 0 Å². The SMILES string of the molecule is COCCCNC(=O)[C@H](NC(=O)c1cccc(C)c1)C1CCN(C(=O)c2ccccc2F)CC1. The summed E-state index contributed by atoms with van der Waals surface area (Å²) in [6.45, 7) is 3.63. The van der Waals surface area contributed by atoms with Gasteiger partial charge in [-0.1, -0.05) is 29.8 Å². The average molecular weight is 470 g/mol. The van der Waals surface area contributed by atoms with Gasteiger partial charge in [-0.05, 0) is 56.4 Å². The average Bonchev–Trinajstić information content (AvgIpc) is 2.85. The number of likely N-dealkylation sites (tertiary alicyclic amines) is 1. The summed E-state index contributed by atoms with van der Waals surface area (Å²) in [4.78, 5) is 40.3. The van der Waals surface area contributed by atoms with E-state index in [1.54, 1.807) is 42.3 Å². The van der Waals surface area contributed by atoms with Gasteiger partial charge in [0.15, 0.2) is 0 Å². The highest BCUT2D eigenvalue weighted by Crippen LogP contribution is 2.23. The normalized spacial score (nSPS) is 15.0. The Kier molecular flexibility index (Phi) is 9.16. The molecule has 2 aromatic carbocycles. The number of methoxy groups -OCH3 is 1. The molecule has 1 atom stereocenters. The van der Waals surface area contributed by atoms with Crippen molar-refractivity contribution in [2.45, 2.75) is 32.2 Å². The first-order chi connectivity index (χ1) is 16.4. The van der Waals surface area contributed by atoms with Crippen LogP contribution in [-0.2, 0) is 9.53 Å². The third kappa shape index (κ3) is 6.63. The zero-order valence-corrected chi connectivity index (χ0v) is 19.7. The molecular formula is C26H32FN3O4. The lowest BCUT2D eigenvalue weighted by Gasteiger charge is -2.36. The molecule has 0 saturated carbocycles. The maximum atomic E-state index is 14.1. The lowest BCUT2D eigenvalue weighted by atomic mass is 9.88. The van der Waals surface area contributed by atoms with E-state index in [0.717, 1.165) is 5.56 Å². The molecule has 3 amide bonds. The van der Waals surface area contributed by atoms with Crippen LogP contribution in [0, 0.1) is 18.7 Å². The highest BCUT2D eigenvalue weighted by molar-refractivity contribution is 5.98. The van der Waals surface area contributed by atoms with Gasteiger partial charge in [-0.2, -0.15) is 0 Å². The van der Waals surface area contributed by atoms with Crippen LogP contribution in [0.1, 0.15) is 45.5 Å². The fourth-order valence-corrected chi connectivity index (χ4v) is 4.19. The number of carbonyl (C=O) groups is 3. The van der Waals surface area contributed by atoms with Gasteiger partial charge in [0.25, 0.3) is 11.8 Å². The highest BCUT2D eigenvalue weighted by Gasteiger charge is 2.34. The molecule has 1 aliphatic heterocycles. The van der Waals surface area contributed by atoms with Crippen molar-refractivity contribution in [1.82, 2.24) is 15.5 Å². The van der Waals surface area contributed by atoms with Gasteiger partial charge in [0.05, 0.1) is 5.56 Å². The zero-order chi connectivity index (χ0) is 24.5. The molecule has 0 spiro atoms. The first-order valence-electron chi connectivity index (χ1n) is 11.6. The molecule has 1 aliphatic rings. The minimum atomic E-state index is -0.735. The molecule has 3 rings (SSSR count). The van der Waals surface area contributed by atoms with Crippen molar-refractivity contribution in [2.75, 3.05) is 33.4 Å². The number of piperidine rings is 1. The monoisotopic (exact) mass is 469 g/mol. The number of ether oxygens (including phenoxy) is 1. The van der Waals surface area contributed by atoms with Crippen LogP contribution in [0.3, 0.4) is 0 Å². The summed E-state index contributed by atoms with van der Waals surface area (Å²) in [6.07, 6.45) is 1.70. The van der Waals surface area contributed by atoms with Gasteiger partial charge in [-0.3, -0.25) is 14.4 Å². The molecule has 182 valence electrons. The minimum Gasteiger partial charge on any atom is -0.385 e. The third-order valence-electron chi connectivity index (χ3n) is 6.08. The topological polar surface area (TPSA) is 87.7 Å².